The second kappa shape index (κ2) is 7.71. The maximum atomic E-state index is 6.59. The molecule has 0 aliphatic carbocycles. The maximum absolute atomic E-state index is 6.59. The quantitative estimate of drug-likeness (QED) is 0.510. The predicted molar refractivity (Wildman–Crippen MR) is 102 cm³/mol. The van der Waals surface area contributed by atoms with E-state index in [4.69, 9.17) is 23.2 Å². The van der Waals surface area contributed by atoms with Gasteiger partial charge >= 0.3 is 0 Å². The molecule has 2 aromatic carbocycles. The van der Waals surface area contributed by atoms with Crippen LogP contribution >= 0.6 is 23.2 Å². The number of anilines is 2. The third-order valence-electron chi connectivity index (χ3n) is 3.63. The van der Waals surface area contributed by atoms with Crippen molar-refractivity contribution in [3.05, 3.63) is 52.0 Å². The van der Waals surface area contributed by atoms with Crippen LogP contribution in [0.15, 0.2) is 41.4 Å². The SMILES string of the molecule is CCN(C)/C=N\c1cc(C)cc(N(C)c2cccc(Cl)c2)c1Cl. The van der Waals surface area contributed by atoms with Crippen molar-refractivity contribution in [2.45, 2.75) is 13.8 Å². The molecule has 0 N–H and O–H groups in total. The smallest absolute Gasteiger partial charge is 0.0910 e. The largest absolute Gasteiger partial charge is 0.366 e. The predicted octanol–water partition coefficient (Wildman–Crippen LogP) is 5.68. The van der Waals surface area contributed by atoms with Gasteiger partial charge < -0.3 is 9.80 Å². The first-order chi connectivity index (χ1) is 10.9. The molecule has 0 spiro atoms. The summed E-state index contributed by atoms with van der Waals surface area (Å²) in [6.45, 7) is 5.00. The Labute approximate surface area is 148 Å². The Morgan fingerprint density at radius 1 is 1.13 bits per heavy atom. The van der Waals surface area contributed by atoms with Crippen molar-refractivity contribution < 1.29 is 0 Å². The van der Waals surface area contributed by atoms with Gasteiger partial charge in [0.05, 0.1) is 22.7 Å². The Kier molecular flexibility index (Phi) is 5.91. The first kappa shape index (κ1) is 17.6. The molecule has 0 heterocycles. The van der Waals surface area contributed by atoms with Gasteiger partial charge in [-0.2, -0.15) is 0 Å². The average Bonchev–Trinajstić information content (AvgIpc) is 2.54. The van der Waals surface area contributed by atoms with Crippen molar-refractivity contribution in [3.63, 3.8) is 0 Å². The normalized spacial score (nSPS) is 11.0. The van der Waals surface area contributed by atoms with Gasteiger partial charge in [-0.05, 0) is 49.7 Å². The van der Waals surface area contributed by atoms with Crippen LogP contribution in [0.2, 0.25) is 10.0 Å². The lowest BCUT2D eigenvalue weighted by molar-refractivity contribution is 0.552. The first-order valence-corrected chi connectivity index (χ1v) is 8.21. The Morgan fingerprint density at radius 3 is 2.52 bits per heavy atom. The van der Waals surface area contributed by atoms with Crippen molar-refractivity contribution in [1.82, 2.24) is 4.90 Å². The maximum Gasteiger partial charge on any atom is 0.0910 e. The second-order valence-electron chi connectivity index (χ2n) is 5.47. The fourth-order valence-corrected chi connectivity index (χ4v) is 2.60. The van der Waals surface area contributed by atoms with Crippen molar-refractivity contribution in [3.8, 4) is 0 Å². The van der Waals surface area contributed by atoms with E-state index in [1.807, 2.05) is 67.2 Å². The van der Waals surface area contributed by atoms with Crippen LogP contribution in [0.3, 0.4) is 0 Å². The van der Waals surface area contributed by atoms with Gasteiger partial charge in [0, 0.05) is 31.4 Å². The molecule has 0 radical (unpaired) electrons. The van der Waals surface area contributed by atoms with E-state index >= 15 is 0 Å². The molecule has 0 atom stereocenters. The van der Waals surface area contributed by atoms with Crippen molar-refractivity contribution in [2.24, 2.45) is 4.99 Å². The minimum absolute atomic E-state index is 0.624. The summed E-state index contributed by atoms with van der Waals surface area (Å²) >= 11 is 12.7. The lowest BCUT2D eigenvalue weighted by Crippen LogP contribution is -2.14. The van der Waals surface area contributed by atoms with Gasteiger partial charge in [0.15, 0.2) is 0 Å². The van der Waals surface area contributed by atoms with Gasteiger partial charge in [-0.3, -0.25) is 0 Å². The summed E-state index contributed by atoms with van der Waals surface area (Å²) < 4.78 is 0. The van der Waals surface area contributed by atoms with Crippen molar-refractivity contribution in [2.75, 3.05) is 25.5 Å². The average molecular weight is 350 g/mol. The third kappa shape index (κ3) is 4.40. The Balaban J connectivity index is 2.43. The molecule has 23 heavy (non-hydrogen) atoms. The van der Waals surface area contributed by atoms with E-state index in [0.717, 1.165) is 29.2 Å². The zero-order valence-corrected chi connectivity index (χ0v) is 15.4. The Hall–Kier alpha value is -1.71. The summed E-state index contributed by atoms with van der Waals surface area (Å²) in [5, 5.41) is 1.32. The number of nitrogens with zero attached hydrogens (tertiary/aromatic N) is 3. The summed E-state index contributed by atoms with van der Waals surface area (Å²) in [6, 6.07) is 11.7. The zero-order chi connectivity index (χ0) is 17.0. The monoisotopic (exact) mass is 349 g/mol. The number of hydrogen-bond donors (Lipinski definition) is 0. The van der Waals surface area contributed by atoms with Crippen LogP contribution in [0.4, 0.5) is 17.1 Å². The molecule has 2 rings (SSSR count). The van der Waals surface area contributed by atoms with Gasteiger partial charge in [-0.1, -0.05) is 29.3 Å². The highest BCUT2D eigenvalue weighted by Crippen LogP contribution is 2.38. The summed E-state index contributed by atoms with van der Waals surface area (Å²) in [5.74, 6) is 0. The molecule has 0 amide bonds. The van der Waals surface area contributed by atoms with Gasteiger partial charge in [-0.25, -0.2) is 4.99 Å². The van der Waals surface area contributed by atoms with E-state index in [9.17, 15) is 0 Å². The molecule has 2 aromatic rings. The summed E-state index contributed by atoms with van der Waals surface area (Å²) in [6.07, 6.45) is 1.80. The number of rotatable bonds is 5. The van der Waals surface area contributed by atoms with Crippen LogP contribution in [-0.2, 0) is 0 Å². The fraction of sp³-hybridized carbons (Fsp3) is 0.278. The van der Waals surface area contributed by atoms with E-state index in [1.165, 1.54) is 0 Å². The minimum atomic E-state index is 0.624. The highest BCUT2D eigenvalue weighted by molar-refractivity contribution is 6.36. The van der Waals surface area contributed by atoms with Crippen LogP contribution in [0.5, 0.6) is 0 Å². The van der Waals surface area contributed by atoms with Gasteiger partial charge in [0.2, 0.25) is 0 Å². The Morgan fingerprint density at radius 2 is 1.87 bits per heavy atom. The van der Waals surface area contributed by atoms with Gasteiger partial charge in [0.1, 0.15) is 0 Å². The van der Waals surface area contributed by atoms with Gasteiger partial charge in [-0.15, -0.1) is 0 Å². The molecule has 0 fully saturated rings. The summed E-state index contributed by atoms with van der Waals surface area (Å²) in [7, 11) is 3.95. The van der Waals surface area contributed by atoms with Crippen LogP contribution in [0, 0.1) is 6.92 Å². The zero-order valence-electron chi connectivity index (χ0n) is 13.8. The molecular formula is C18H21Cl2N3. The van der Waals surface area contributed by atoms with Crippen molar-refractivity contribution >= 4 is 46.6 Å². The molecule has 0 saturated heterocycles. The third-order valence-corrected chi connectivity index (χ3v) is 4.25. The molecule has 0 aromatic heterocycles. The molecule has 0 aliphatic rings. The van der Waals surface area contributed by atoms with Crippen molar-refractivity contribution in [1.29, 1.82) is 0 Å². The molecule has 0 saturated carbocycles. The highest BCUT2D eigenvalue weighted by atomic mass is 35.5. The number of halogens is 2. The van der Waals surface area contributed by atoms with Gasteiger partial charge in [0.25, 0.3) is 0 Å². The van der Waals surface area contributed by atoms with Crippen LogP contribution in [0.25, 0.3) is 0 Å². The molecule has 122 valence electrons. The van der Waals surface area contributed by atoms with E-state index < -0.39 is 0 Å². The summed E-state index contributed by atoms with van der Waals surface area (Å²) in [5.41, 5.74) is 3.74. The topological polar surface area (TPSA) is 18.8 Å². The Bertz CT molecular complexity index is 713. The fourth-order valence-electron chi connectivity index (χ4n) is 2.14. The molecule has 0 unspecified atom stereocenters. The second-order valence-corrected chi connectivity index (χ2v) is 6.29. The first-order valence-electron chi connectivity index (χ1n) is 7.46. The number of aliphatic imine (C=N–C) groups is 1. The van der Waals surface area contributed by atoms with E-state index in [-0.39, 0.29) is 0 Å². The number of hydrogen-bond acceptors (Lipinski definition) is 2. The molecular weight excluding hydrogens is 329 g/mol. The van der Waals surface area contributed by atoms with E-state index in [1.54, 1.807) is 6.34 Å². The van der Waals surface area contributed by atoms with Crippen LogP contribution < -0.4 is 4.90 Å². The number of benzene rings is 2. The highest BCUT2D eigenvalue weighted by Gasteiger charge is 2.13. The van der Waals surface area contributed by atoms with E-state index in [2.05, 4.69) is 11.9 Å². The molecule has 0 aliphatic heterocycles. The van der Waals surface area contributed by atoms with Crippen LogP contribution in [0.1, 0.15) is 12.5 Å². The molecule has 5 heteroatoms. The molecule has 3 nitrogen and oxygen atoms in total. The summed E-state index contributed by atoms with van der Waals surface area (Å²) in [4.78, 5) is 8.52. The van der Waals surface area contributed by atoms with E-state index in [0.29, 0.717) is 10.0 Å². The lowest BCUT2D eigenvalue weighted by Gasteiger charge is -2.22. The molecule has 0 bridgehead atoms. The standard InChI is InChI=1S/C18H21Cl2N3/c1-5-22(3)12-21-16-9-13(2)10-17(18(16)20)23(4)15-8-6-7-14(19)11-15/h6-12H,5H2,1-4H3/b21-12-. The number of aryl methyl sites for hydroxylation is 1. The van der Waals surface area contributed by atoms with Crippen LogP contribution in [-0.4, -0.2) is 31.9 Å². The lowest BCUT2D eigenvalue weighted by atomic mass is 10.1. The minimum Gasteiger partial charge on any atom is -0.366 e.